The Bertz CT molecular complexity index is 1590. The molecule has 3 fully saturated rings. The summed E-state index contributed by atoms with van der Waals surface area (Å²) in [6.07, 6.45) is 3.30. The lowest BCUT2D eigenvalue weighted by atomic mass is 9.95. The Hall–Kier alpha value is -3.57. The predicted molar refractivity (Wildman–Crippen MR) is 158 cm³/mol. The largest absolute Gasteiger partial charge is 0.508 e. The molecule has 7 rings (SSSR count). The Morgan fingerprint density at radius 3 is 2.84 bits per heavy atom. The molecule has 228 valence electrons. The molecule has 0 unspecified atom stereocenters. The van der Waals surface area contributed by atoms with E-state index in [1.165, 1.54) is 17.0 Å². The first kappa shape index (κ1) is 28.2. The number of aliphatic hydroxyl groups excluding tert-OH is 1. The number of aromatic nitrogens is 2. The number of carbonyl (C=O) groups is 1. The van der Waals surface area contributed by atoms with Crippen LogP contribution in [0.25, 0.3) is 10.8 Å². The third-order valence-electron chi connectivity index (χ3n) is 9.72. The average Bonchev–Trinajstić information content (AvgIpc) is 3.56. The predicted octanol–water partition coefficient (Wildman–Crippen LogP) is 4.50. The lowest BCUT2D eigenvalue weighted by Gasteiger charge is -2.31. The summed E-state index contributed by atoms with van der Waals surface area (Å²) < 4.78 is 35.6. The summed E-state index contributed by atoms with van der Waals surface area (Å²) in [4.78, 5) is 29.4. The highest BCUT2D eigenvalue weighted by molar-refractivity contribution is 6.16. The monoisotopic (exact) mass is 593 g/mol. The normalized spacial score (nSPS) is 25.8. The Balaban J connectivity index is 1.29. The van der Waals surface area contributed by atoms with Gasteiger partial charge in [0.15, 0.2) is 0 Å². The molecule has 9 nitrogen and oxygen atoms in total. The van der Waals surface area contributed by atoms with Crippen molar-refractivity contribution < 1.29 is 28.5 Å². The topological polar surface area (TPSA) is 102 Å². The first-order chi connectivity index (χ1) is 20.8. The van der Waals surface area contributed by atoms with Crippen molar-refractivity contribution in [3.63, 3.8) is 0 Å². The number of anilines is 2. The number of hydrogen-bond acceptors (Lipinski definition) is 8. The van der Waals surface area contributed by atoms with E-state index in [9.17, 15) is 23.8 Å². The molecule has 3 aromatic rings. The van der Waals surface area contributed by atoms with Crippen LogP contribution >= 0.6 is 0 Å². The Kier molecular flexibility index (Phi) is 7.12. The van der Waals surface area contributed by atoms with E-state index in [0.717, 1.165) is 25.8 Å². The average molecular weight is 594 g/mol. The molecule has 5 heterocycles. The molecule has 2 N–H and O–H groups in total. The van der Waals surface area contributed by atoms with E-state index in [0.29, 0.717) is 84.4 Å². The fourth-order valence-electron chi connectivity index (χ4n) is 7.62. The minimum absolute atomic E-state index is 0.0279. The summed E-state index contributed by atoms with van der Waals surface area (Å²) in [6.45, 7) is 4.59. The number of nitrogens with zero attached hydrogens (tertiary/aromatic N) is 5. The molecule has 43 heavy (non-hydrogen) atoms. The number of phenolic OH excluding ortho intramolecular Hbond substituents is 1. The number of hydrogen-bond donors (Lipinski definition) is 2. The van der Waals surface area contributed by atoms with Crippen LogP contribution in [0.4, 0.5) is 20.3 Å². The third-order valence-corrected chi connectivity index (χ3v) is 9.72. The Morgan fingerprint density at radius 2 is 2.00 bits per heavy atom. The number of benzene rings is 2. The molecule has 0 saturated carbocycles. The van der Waals surface area contributed by atoms with Crippen molar-refractivity contribution in [1.82, 2.24) is 14.9 Å². The van der Waals surface area contributed by atoms with E-state index in [1.807, 2.05) is 11.8 Å². The number of ether oxygens (including phenoxy) is 1. The summed E-state index contributed by atoms with van der Waals surface area (Å²) in [5, 5.41) is 22.1. The van der Waals surface area contributed by atoms with Crippen molar-refractivity contribution in [2.75, 3.05) is 42.6 Å². The van der Waals surface area contributed by atoms with Gasteiger partial charge in [-0.15, -0.1) is 0 Å². The van der Waals surface area contributed by atoms with Crippen molar-refractivity contribution in [3.05, 3.63) is 46.9 Å². The molecule has 0 aliphatic carbocycles. The van der Waals surface area contributed by atoms with Gasteiger partial charge in [0.1, 0.15) is 35.7 Å². The van der Waals surface area contributed by atoms with Gasteiger partial charge in [-0.3, -0.25) is 9.69 Å². The number of fused-ring (bicyclic) bond motifs is 3. The summed E-state index contributed by atoms with van der Waals surface area (Å²) >= 11 is 0. The quantitative estimate of drug-likeness (QED) is 0.431. The highest BCUT2D eigenvalue weighted by atomic mass is 19.1. The first-order valence-corrected chi connectivity index (χ1v) is 15.4. The number of phenols is 1. The Labute approximate surface area is 249 Å². The van der Waals surface area contributed by atoms with Crippen LogP contribution in [0.3, 0.4) is 0 Å². The van der Waals surface area contributed by atoms with Crippen LogP contribution in [-0.4, -0.2) is 81.6 Å². The maximum atomic E-state index is 14.9. The van der Waals surface area contributed by atoms with Crippen LogP contribution in [-0.2, 0) is 13.0 Å². The van der Waals surface area contributed by atoms with Gasteiger partial charge in [0.25, 0.3) is 5.91 Å². The molecule has 0 bridgehead atoms. The fourth-order valence-corrected chi connectivity index (χ4v) is 7.62. The van der Waals surface area contributed by atoms with Crippen LogP contribution in [0, 0.1) is 5.82 Å². The van der Waals surface area contributed by atoms with Gasteiger partial charge in [0.05, 0.1) is 29.6 Å². The zero-order valence-corrected chi connectivity index (χ0v) is 24.4. The van der Waals surface area contributed by atoms with Crippen LogP contribution in [0.5, 0.6) is 11.8 Å². The number of aliphatic hydroxyl groups is 1. The molecule has 3 saturated heterocycles. The zero-order chi connectivity index (χ0) is 29.9. The number of amides is 1. The van der Waals surface area contributed by atoms with E-state index in [1.54, 1.807) is 12.1 Å². The van der Waals surface area contributed by atoms with Crippen molar-refractivity contribution >= 4 is 28.2 Å². The van der Waals surface area contributed by atoms with E-state index >= 15 is 0 Å². The second kappa shape index (κ2) is 10.9. The number of alkyl halides is 1. The molecule has 1 aromatic heterocycles. The van der Waals surface area contributed by atoms with Gasteiger partial charge in [-0.1, -0.05) is 13.0 Å². The standard InChI is InChI=1S/C32H37F2N5O4/c1-2-23-24(34)7-6-19-13-22(41)14-26(27(19)23)39-17-25-28(30(39)42)29(37-10-3-5-21(40)8-12-37)36-31(35-25)43-18-32-9-4-11-38(32)16-20(33)15-32/h6-7,13-14,20-21,40-41H,2-5,8-12,15-18H2,1H3/t20-,21+,32+/m1/s1. The van der Waals surface area contributed by atoms with Gasteiger partial charge >= 0.3 is 6.01 Å². The molecular weight excluding hydrogens is 556 g/mol. The molecule has 1 amide bonds. The van der Waals surface area contributed by atoms with Crippen molar-refractivity contribution in [1.29, 1.82) is 0 Å². The third kappa shape index (κ3) is 4.86. The molecule has 0 radical (unpaired) electrons. The fraction of sp³-hybridized carbons (Fsp3) is 0.531. The summed E-state index contributed by atoms with van der Waals surface area (Å²) in [7, 11) is 0. The number of aromatic hydroxyl groups is 1. The molecule has 2 aromatic carbocycles. The van der Waals surface area contributed by atoms with Gasteiger partial charge in [-0.05, 0) is 68.2 Å². The van der Waals surface area contributed by atoms with Gasteiger partial charge in [-0.2, -0.15) is 9.97 Å². The summed E-state index contributed by atoms with van der Waals surface area (Å²) in [5.41, 5.74) is 1.33. The summed E-state index contributed by atoms with van der Waals surface area (Å²) in [5.74, 6) is -0.285. The van der Waals surface area contributed by atoms with Crippen molar-refractivity contribution in [3.8, 4) is 11.8 Å². The van der Waals surface area contributed by atoms with Gasteiger partial charge in [0.2, 0.25) is 0 Å². The SMILES string of the molecule is CCc1c(F)ccc2cc(O)cc(N3Cc4nc(OC[C@@]56CCCN5C[C@H](F)C6)nc(N5CCC[C@H](O)CC5)c4C3=O)c12. The number of aryl methyl sites for hydroxylation is 1. The van der Waals surface area contributed by atoms with E-state index < -0.39 is 12.3 Å². The maximum Gasteiger partial charge on any atom is 0.318 e. The smallest absolute Gasteiger partial charge is 0.318 e. The van der Waals surface area contributed by atoms with Crippen molar-refractivity contribution in [2.24, 2.45) is 0 Å². The maximum absolute atomic E-state index is 14.9. The molecule has 0 spiro atoms. The first-order valence-electron chi connectivity index (χ1n) is 15.4. The van der Waals surface area contributed by atoms with E-state index in [-0.39, 0.29) is 42.2 Å². The Morgan fingerprint density at radius 1 is 1.14 bits per heavy atom. The molecule has 4 aliphatic heterocycles. The molecule has 4 aliphatic rings. The van der Waals surface area contributed by atoms with Crippen molar-refractivity contribution in [2.45, 2.75) is 76.2 Å². The number of rotatable bonds is 6. The summed E-state index contributed by atoms with van der Waals surface area (Å²) in [6, 6.07) is 6.20. The van der Waals surface area contributed by atoms with Crippen LogP contribution in [0.2, 0.25) is 0 Å². The van der Waals surface area contributed by atoms with E-state index in [2.05, 4.69) is 4.90 Å². The number of halogens is 2. The number of carbonyl (C=O) groups excluding carboxylic acids is 1. The minimum Gasteiger partial charge on any atom is -0.508 e. The van der Waals surface area contributed by atoms with Crippen LogP contribution < -0.4 is 14.5 Å². The molecule has 3 atom stereocenters. The van der Waals surface area contributed by atoms with Gasteiger partial charge < -0.3 is 24.7 Å². The van der Waals surface area contributed by atoms with Gasteiger partial charge in [0, 0.05) is 37.5 Å². The van der Waals surface area contributed by atoms with Gasteiger partial charge in [-0.25, -0.2) is 8.78 Å². The second-order valence-electron chi connectivity index (χ2n) is 12.4. The lowest BCUT2D eigenvalue weighted by molar-refractivity contribution is 0.0996. The highest BCUT2D eigenvalue weighted by Gasteiger charge is 2.49. The van der Waals surface area contributed by atoms with Crippen LogP contribution in [0.1, 0.15) is 67.1 Å². The van der Waals surface area contributed by atoms with E-state index in [4.69, 9.17) is 14.7 Å². The molecular formula is C32H37F2N5O4. The molecule has 11 heteroatoms. The van der Waals surface area contributed by atoms with Crippen LogP contribution in [0.15, 0.2) is 24.3 Å². The second-order valence-corrected chi connectivity index (χ2v) is 12.4. The highest BCUT2D eigenvalue weighted by Crippen LogP contribution is 2.43. The zero-order valence-electron chi connectivity index (χ0n) is 24.4. The minimum atomic E-state index is -0.884. The lowest BCUT2D eigenvalue weighted by Crippen LogP contribution is -2.43.